The molecule has 1 N–H and O–H groups in total. The molecule has 31 heavy (non-hydrogen) atoms. The SMILES string of the molecule is CC(OC(=O)NC(C)(C)C)[C@H]1CC[C@H]2[C@@H]3CCC4N(C)C(=O)CC[C@]4(C)[C@H]3CC[C@]12C. The van der Waals surface area contributed by atoms with E-state index in [-0.39, 0.29) is 28.6 Å². The molecule has 4 aliphatic rings. The Morgan fingerprint density at radius 1 is 1.06 bits per heavy atom. The minimum Gasteiger partial charge on any atom is -0.446 e. The first-order chi connectivity index (χ1) is 14.4. The van der Waals surface area contributed by atoms with Gasteiger partial charge in [0.1, 0.15) is 6.10 Å². The lowest BCUT2D eigenvalue weighted by atomic mass is 9.46. The minimum absolute atomic E-state index is 0.0562. The van der Waals surface area contributed by atoms with Gasteiger partial charge in [-0.25, -0.2) is 4.79 Å². The minimum atomic E-state index is -0.288. The summed E-state index contributed by atoms with van der Waals surface area (Å²) in [5, 5.41) is 2.95. The van der Waals surface area contributed by atoms with Gasteiger partial charge < -0.3 is 15.0 Å². The van der Waals surface area contributed by atoms with E-state index in [0.29, 0.717) is 30.2 Å². The number of nitrogens with one attached hydrogen (secondary N) is 1. The lowest BCUT2D eigenvalue weighted by molar-refractivity contribution is -0.159. The zero-order valence-electron chi connectivity index (χ0n) is 20.8. The van der Waals surface area contributed by atoms with Crippen molar-refractivity contribution in [1.29, 1.82) is 0 Å². The van der Waals surface area contributed by atoms with Crippen LogP contribution in [0.1, 0.15) is 92.9 Å². The molecule has 1 heterocycles. The van der Waals surface area contributed by atoms with Crippen molar-refractivity contribution in [2.45, 2.75) is 111 Å². The molecule has 4 fully saturated rings. The molecule has 0 aromatic rings. The van der Waals surface area contributed by atoms with E-state index in [1.165, 1.54) is 25.7 Å². The van der Waals surface area contributed by atoms with Gasteiger partial charge in [0.2, 0.25) is 5.91 Å². The van der Waals surface area contributed by atoms with Crippen LogP contribution in [0.3, 0.4) is 0 Å². The number of carbonyl (C=O) groups is 2. The average molecular weight is 433 g/mol. The van der Waals surface area contributed by atoms with Crippen molar-refractivity contribution >= 4 is 12.0 Å². The van der Waals surface area contributed by atoms with Crippen LogP contribution in [-0.4, -0.2) is 41.6 Å². The van der Waals surface area contributed by atoms with Gasteiger partial charge in [-0.15, -0.1) is 0 Å². The quantitative estimate of drug-likeness (QED) is 0.637. The molecule has 0 aromatic heterocycles. The maximum atomic E-state index is 12.4. The molecule has 2 amide bonds. The van der Waals surface area contributed by atoms with Crippen molar-refractivity contribution in [3.63, 3.8) is 0 Å². The number of amides is 2. The number of hydrogen-bond donors (Lipinski definition) is 1. The van der Waals surface area contributed by atoms with Crippen molar-refractivity contribution in [3.8, 4) is 0 Å². The zero-order chi connectivity index (χ0) is 22.8. The second-order valence-electron chi connectivity index (χ2n) is 12.7. The lowest BCUT2D eigenvalue weighted by Gasteiger charge is -2.62. The van der Waals surface area contributed by atoms with Crippen LogP contribution < -0.4 is 5.32 Å². The predicted molar refractivity (Wildman–Crippen MR) is 122 cm³/mol. The summed E-state index contributed by atoms with van der Waals surface area (Å²) in [6.07, 6.45) is 8.71. The normalized spacial score (nSPS) is 43.5. The molecule has 5 nitrogen and oxygen atoms in total. The highest BCUT2D eigenvalue weighted by atomic mass is 16.6. The van der Waals surface area contributed by atoms with Crippen LogP contribution in [0.4, 0.5) is 4.79 Å². The van der Waals surface area contributed by atoms with Crippen molar-refractivity contribution in [2.24, 2.45) is 34.5 Å². The Morgan fingerprint density at radius 2 is 1.74 bits per heavy atom. The summed E-state index contributed by atoms with van der Waals surface area (Å²) in [6, 6.07) is 0.417. The molecule has 3 saturated carbocycles. The van der Waals surface area contributed by atoms with Gasteiger partial charge in [0.05, 0.1) is 0 Å². The molecule has 8 atom stereocenters. The van der Waals surface area contributed by atoms with Crippen LogP contribution in [0, 0.1) is 34.5 Å². The van der Waals surface area contributed by atoms with Gasteiger partial charge in [-0.1, -0.05) is 13.8 Å². The third-order valence-corrected chi connectivity index (χ3v) is 9.97. The lowest BCUT2D eigenvalue weighted by Crippen LogP contribution is -2.61. The van der Waals surface area contributed by atoms with E-state index in [1.54, 1.807) is 0 Å². The molecule has 3 aliphatic carbocycles. The Morgan fingerprint density at radius 3 is 2.42 bits per heavy atom. The van der Waals surface area contributed by atoms with E-state index in [0.717, 1.165) is 31.1 Å². The predicted octanol–water partition coefficient (Wildman–Crippen LogP) is 5.38. The van der Waals surface area contributed by atoms with E-state index >= 15 is 0 Å². The second-order valence-corrected chi connectivity index (χ2v) is 12.7. The van der Waals surface area contributed by atoms with E-state index in [9.17, 15) is 9.59 Å². The number of rotatable bonds is 2. The van der Waals surface area contributed by atoms with Crippen LogP contribution in [-0.2, 0) is 9.53 Å². The van der Waals surface area contributed by atoms with Crippen LogP contribution in [0.25, 0.3) is 0 Å². The number of fused-ring (bicyclic) bond motifs is 5. The number of ether oxygens (including phenoxy) is 1. The van der Waals surface area contributed by atoms with Gasteiger partial charge in [-0.3, -0.25) is 4.79 Å². The Labute approximate surface area is 189 Å². The number of alkyl carbamates (subject to hydrolysis) is 1. The van der Waals surface area contributed by atoms with Gasteiger partial charge in [-0.2, -0.15) is 0 Å². The third-order valence-electron chi connectivity index (χ3n) is 9.97. The molecular weight excluding hydrogens is 388 g/mol. The van der Waals surface area contributed by atoms with Gasteiger partial charge in [0.25, 0.3) is 0 Å². The topological polar surface area (TPSA) is 58.6 Å². The first-order valence-electron chi connectivity index (χ1n) is 12.6. The molecule has 0 bridgehead atoms. The molecule has 5 heteroatoms. The molecule has 1 saturated heterocycles. The van der Waals surface area contributed by atoms with E-state index < -0.39 is 0 Å². The largest absolute Gasteiger partial charge is 0.446 e. The number of piperidine rings is 1. The molecule has 0 spiro atoms. The number of nitrogens with zero attached hydrogens (tertiary/aromatic N) is 1. The van der Waals surface area contributed by atoms with E-state index in [4.69, 9.17) is 4.74 Å². The highest BCUT2D eigenvalue weighted by Gasteiger charge is 2.61. The van der Waals surface area contributed by atoms with E-state index in [2.05, 4.69) is 31.0 Å². The van der Waals surface area contributed by atoms with Crippen molar-refractivity contribution < 1.29 is 14.3 Å². The first-order valence-corrected chi connectivity index (χ1v) is 12.6. The summed E-state index contributed by atoms with van der Waals surface area (Å²) < 4.78 is 5.90. The summed E-state index contributed by atoms with van der Waals surface area (Å²) in [5.74, 6) is 2.96. The highest BCUT2D eigenvalue weighted by molar-refractivity contribution is 5.77. The van der Waals surface area contributed by atoms with Gasteiger partial charge >= 0.3 is 6.09 Å². The first kappa shape index (κ1) is 22.9. The number of carbonyl (C=O) groups excluding carboxylic acids is 2. The summed E-state index contributed by atoms with van der Waals surface area (Å²) in [5.41, 5.74) is 0.238. The van der Waals surface area contributed by atoms with Crippen LogP contribution in [0.2, 0.25) is 0 Å². The number of hydrogen-bond acceptors (Lipinski definition) is 3. The summed E-state index contributed by atoms with van der Waals surface area (Å²) in [4.78, 5) is 26.8. The number of likely N-dealkylation sites (tertiary alicyclic amines) is 1. The van der Waals surface area contributed by atoms with Crippen molar-refractivity contribution in [3.05, 3.63) is 0 Å². The fourth-order valence-corrected chi connectivity index (χ4v) is 8.55. The van der Waals surface area contributed by atoms with Gasteiger partial charge in [0, 0.05) is 31.0 Å². The molecule has 1 aliphatic heterocycles. The standard InChI is InChI=1S/C26H44N2O3/c1-16(31-23(30)27-24(2,3)4)18-9-10-19-17-8-11-21-26(6,15-13-22(29)28(21)7)20(17)12-14-25(18,19)5/h16-21H,8-15H2,1-7H3,(H,27,30)/t16?,17-,18+,19-,20-,21?,25+,26+/m0/s1. The smallest absolute Gasteiger partial charge is 0.407 e. The molecule has 2 unspecified atom stereocenters. The summed E-state index contributed by atoms with van der Waals surface area (Å²) in [6.45, 7) is 13.0. The van der Waals surface area contributed by atoms with Crippen LogP contribution in [0.5, 0.6) is 0 Å². The zero-order valence-corrected chi connectivity index (χ0v) is 20.8. The van der Waals surface area contributed by atoms with Crippen LogP contribution in [0.15, 0.2) is 0 Å². The van der Waals surface area contributed by atoms with E-state index in [1.807, 2.05) is 27.8 Å². The molecule has 4 rings (SSSR count). The van der Waals surface area contributed by atoms with Crippen molar-refractivity contribution in [1.82, 2.24) is 10.2 Å². The Kier molecular flexibility index (Phi) is 5.66. The summed E-state index contributed by atoms with van der Waals surface area (Å²) in [7, 11) is 2.03. The molecular formula is C26H44N2O3. The second kappa shape index (κ2) is 7.66. The van der Waals surface area contributed by atoms with Gasteiger partial charge in [-0.05, 0) is 101 Å². The maximum absolute atomic E-state index is 12.4. The average Bonchev–Trinajstić information content (AvgIpc) is 3.01. The third kappa shape index (κ3) is 3.78. The highest BCUT2D eigenvalue weighted by Crippen LogP contribution is 2.66. The fraction of sp³-hybridized carbons (Fsp3) is 0.923. The summed E-state index contributed by atoms with van der Waals surface area (Å²) >= 11 is 0. The Bertz CT molecular complexity index is 731. The van der Waals surface area contributed by atoms with Crippen LogP contribution >= 0.6 is 0 Å². The van der Waals surface area contributed by atoms with Gasteiger partial charge in [0.15, 0.2) is 0 Å². The Balaban J connectivity index is 1.49. The monoisotopic (exact) mass is 432 g/mol. The fourth-order valence-electron chi connectivity index (χ4n) is 8.55. The maximum Gasteiger partial charge on any atom is 0.407 e. The molecule has 0 aromatic carbocycles. The van der Waals surface area contributed by atoms with Crippen molar-refractivity contribution in [2.75, 3.05) is 7.05 Å². The molecule has 0 radical (unpaired) electrons. The molecule has 176 valence electrons. The Hall–Kier alpha value is -1.26.